The van der Waals surface area contributed by atoms with Crippen LogP contribution in [0.25, 0.3) is 0 Å². The Morgan fingerprint density at radius 1 is 1.28 bits per heavy atom. The van der Waals surface area contributed by atoms with Crippen molar-refractivity contribution < 1.29 is 4.74 Å². The minimum absolute atomic E-state index is 0. The van der Waals surface area contributed by atoms with E-state index in [4.69, 9.17) is 4.74 Å². The second-order valence-electron chi connectivity index (χ2n) is 8.57. The van der Waals surface area contributed by atoms with Crippen LogP contribution in [0.2, 0.25) is 0 Å². The van der Waals surface area contributed by atoms with Crippen LogP contribution >= 0.6 is 24.0 Å². The standard InChI is InChI=1S/C22H37N5O.HI/c1-18-7-12-27(13-8-18)20-6-5-19(15-24-20)16-25-21(23-2)26-17-22(9-4-10-22)11-14-28-3;/h5-6,15,18H,4,7-14,16-17H2,1-3H3,(H2,23,25,26);1H. The van der Waals surface area contributed by atoms with Crippen molar-refractivity contribution in [3.63, 3.8) is 0 Å². The van der Waals surface area contributed by atoms with Gasteiger partial charge < -0.3 is 20.3 Å². The van der Waals surface area contributed by atoms with E-state index in [0.29, 0.717) is 5.41 Å². The van der Waals surface area contributed by atoms with Crippen LogP contribution in [0.5, 0.6) is 0 Å². The molecule has 2 fully saturated rings. The molecule has 0 unspecified atom stereocenters. The number of halogens is 1. The maximum Gasteiger partial charge on any atom is 0.191 e. The molecule has 0 amide bonds. The first-order valence-corrected chi connectivity index (χ1v) is 10.8. The Balaban J connectivity index is 0.00000300. The molecule has 1 saturated heterocycles. The molecule has 1 aliphatic heterocycles. The zero-order valence-corrected chi connectivity index (χ0v) is 20.6. The van der Waals surface area contributed by atoms with E-state index in [-0.39, 0.29) is 24.0 Å². The van der Waals surface area contributed by atoms with Gasteiger partial charge in [-0.2, -0.15) is 0 Å². The van der Waals surface area contributed by atoms with E-state index >= 15 is 0 Å². The quantitative estimate of drug-likeness (QED) is 0.313. The van der Waals surface area contributed by atoms with E-state index in [1.165, 1.54) is 37.7 Å². The second kappa shape index (κ2) is 11.9. The normalized spacial score (nSPS) is 19.3. The van der Waals surface area contributed by atoms with E-state index in [2.05, 4.69) is 44.6 Å². The van der Waals surface area contributed by atoms with Crippen molar-refractivity contribution in [3.8, 4) is 0 Å². The highest BCUT2D eigenvalue weighted by Gasteiger charge is 2.36. The number of guanidine groups is 1. The number of anilines is 1. The summed E-state index contributed by atoms with van der Waals surface area (Å²) >= 11 is 0. The van der Waals surface area contributed by atoms with Gasteiger partial charge in [-0.3, -0.25) is 4.99 Å². The second-order valence-corrected chi connectivity index (χ2v) is 8.57. The number of nitrogens with zero attached hydrogens (tertiary/aromatic N) is 3. The molecule has 0 bridgehead atoms. The zero-order chi connectivity index (χ0) is 19.8. The summed E-state index contributed by atoms with van der Waals surface area (Å²) in [5, 5.41) is 6.93. The van der Waals surface area contributed by atoms with Crippen LogP contribution in [0.3, 0.4) is 0 Å². The number of ether oxygens (including phenoxy) is 1. The molecule has 1 aromatic rings. The summed E-state index contributed by atoms with van der Waals surface area (Å²) in [7, 11) is 3.61. The third kappa shape index (κ3) is 6.98. The molecule has 0 aromatic carbocycles. The van der Waals surface area contributed by atoms with E-state index < -0.39 is 0 Å². The Hall–Kier alpha value is -1.09. The molecule has 0 spiro atoms. The molecular weight excluding hydrogens is 477 g/mol. The molecule has 2 aliphatic rings. The minimum Gasteiger partial charge on any atom is -0.385 e. The Kier molecular flexibility index (Phi) is 9.95. The van der Waals surface area contributed by atoms with Crippen LogP contribution in [0, 0.1) is 11.3 Å². The Bertz CT molecular complexity index is 625. The van der Waals surface area contributed by atoms with E-state index in [1.807, 2.05) is 13.2 Å². The van der Waals surface area contributed by atoms with Gasteiger partial charge in [0.05, 0.1) is 0 Å². The highest BCUT2D eigenvalue weighted by molar-refractivity contribution is 14.0. The summed E-state index contributed by atoms with van der Waals surface area (Å²) in [4.78, 5) is 11.5. The van der Waals surface area contributed by atoms with Crippen LogP contribution in [0.15, 0.2) is 23.3 Å². The molecule has 164 valence electrons. The number of aliphatic imine (C=N–C) groups is 1. The molecule has 0 radical (unpaired) electrons. The molecule has 0 atom stereocenters. The maximum absolute atomic E-state index is 5.29. The van der Waals surface area contributed by atoms with E-state index in [0.717, 1.165) is 56.9 Å². The number of piperidine rings is 1. The van der Waals surface area contributed by atoms with Crippen LogP contribution in [-0.2, 0) is 11.3 Å². The van der Waals surface area contributed by atoms with Gasteiger partial charge in [0.2, 0.25) is 0 Å². The predicted molar refractivity (Wildman–Crippen MR) is 131 cm³/mol. The van der Waals surface area contributed by atoms with Crippen LogP contribution < -0.4 is 15.5 Å². The number of hydrogen-bond acceptors (Lipinski definition) is 4. The fourth-order valence-electron chi connectivity index (χ4n) is 4.13. The summed E-state index contributed by atoms with van der Waals surface area (Å²) in [6.45, 7) is 7.10. The predicted octanol–water partition coefficient (Wildman–Crippen LogP) is 3.81. The van der Waals surface area contributed by atoms with Crippen molar-refractivity contribution in [1.82, 2.24) is 15.6 Å². The Labute approximate surface area is 193 Å². The molecule has 2 N–H and O–H groups in total. The zero-order valence-electron chi connectivity index (χ0n) is 18.2. The van der Waals surface area contributed by atoms with Gasteiger partial charge in [-0.25, -0.2) is 4.98 Å². The third-order valence-corrected chi connectivity index (χ3v) is 6.48. The van der Waals surface area contributed by atoms with Crippen LogP contribution in [0.4, 0.5) is 5.82 Å². The maximum atomic E-state index is 5.29. The van der Waals surface area contributed by atoms with Gasteiger partial charge in [-0.1, -0.05) is 19.4 Å². The summed E-state index contributed by atoms with van der Waals surface area (Å²) < 4.78 is 5.29. The summed E-state index contributed by atoms with van der Waals surface area (Å²) in [6, 6.07) is 4.32. The lowest BCUT2D eigenvalue weighted by molar-refractivity contribution is 0.0732. The van der Waals surface area contributed by atoms with Gasteiger partial charge in [0.15, 0.2) is 5.96 Å². The SMILES string of the molecule is CN=C(NCc1ccc(N2CCC(C)CC2)nc1)NCC1(CCOC)CCC1.I. The third-order valence-electron chi connectivity index (χ3n) is 6.48. The van der Waals surface area contributed by atoms with Gasteiger partial charge in [-0.05, 0) is 55.1 Å². The minimum atomic E-state index is 0. The lowest BCUT2D eigenvalue weighted by Crippen LogP contribution is -2.46. The van der Waals surface area contributed by atoms with Crippen molar-refractivity contribution in [2.45, 2.75) is 52.0 Å². The summed E-state index contributed by atoms with van der Waals surface area (Å²) in [6.07, 6.45) is 9.51. The fourth-order valence-corrected chi connectivity index (χ4v) is 4.13. The molecule has 1 saturated carbocycles. The summed E-state index contributed by atoms with van der Waals surface area (Å²) in [5.74, 6) is 2.80. The monoisotopic (exact) mass is 515 g/mol. The van der Waals surface area contributed by atoms with Crippen molar-refractivity contribution in [1.29, 1.82) is 0 Å². The average molecular weight is 515 g/mol. The molecular formula is C22H38IN5O. The molecule has 7 heteroatoms. The van der Waals surface area contributed by atoms with Gasteiger partial charge in [0.1, 0.15) is 5.82 Å². The Morgan fingerprint density at radius 3 is 2.59 bits per heavy atom. The van der Waals surface area contributed by atoms with Gasteiger partial charge in [0.25, 0.3) is 0 Å². The first-order chi connectivity index (χ1) is 13.6. The highest BCUT2D eigenvalue weighted by Crippen LogP contribution is 2.43. The first-order valence-electron chi connectivity index (χ1n) is 10.8. The number of nitrogens with one attached hydrogen (secondary N) is 2. The van der Waals surface area contributed by atoms with Crippen molar-refractivity contribution in [3.05, 3.63) is 23.9 Å². The number of pyridine rings is 1. The molecule has 6 nitrogen and oxygen atoms in total. The molecule has 29 heavy (non-hydrogen) atoms. The topological polar surface area (TPSA) is 61.8 Å². The lowest BCUT2D eigenvalue weighted by Gasteiger charge is -2.42. The number of hydrogen-bond donors (Lipinski definition) is 2. The number of methoxy groups -OCH3 is 1. The largest absolute Gasteiger partial charge is 0.385 e. The van der Waals surface area contributed by atoms with E-state index in [9.17, 15) is 0 Å². The van der Waals surface area contributed by atoms with Gasteiger partial charge in [0, 0.05) is 53.1 Å². The van der Waals surface area contributed by atoms with Crippen LogP contribution in [0.1, 0.15) is 51.0 Å². The molecule has 2 heterocycles. The molecule has 3 rings (SSSR count). The number of rotatable bonds is 8. The lowest BCUT2D eigenvalue weighted by atomic mass is 9.67. The van der Waals surface area contributed by atoms with E-state index in [1.54, 1.807) is 7.11 Å². The number of aromatic nitrogens is 1. The fraction of sp³-hybridized carbons (Fsp3) is 0.727. The highest BCUT2D eigenvalue weighted by atomic mass is 127. The van der Waals surface area contributed by atoms with Gasteiger partial charge >= 0.3 is 0 Å². The van der Waals surface area contributed by atoms with Crippen molar-refractivity contribution >= 4 is 35.8 Å². The van der Waals surface area contributed by atoms with Crippen molar-refractivity contribution in [2.24, 2.45) is 16.3 Å². The molecule has 1 aliphatic carbocycles. The average Bonchev–Trinajstić information content (AvgIpc) is 2.70. The van der Waals surface area contributed by atoms with Crippen LogP contribution in [-0.4, -0.2) is 51.3 Å². The van der Waals surface area contributed by atoms with Gasteiger partial charge in [-0.15, -0.1) is 24.0 Å². The Morgan fingerprint density at radius 2 is 2.03 bits per heavy atom. The first kappa shape index (κ1) is 24.2. The van der Waals surface area contributed by atoms with Crippen molar-refractivity contribution in [2.75, 3.05) is 45.3 Å². The summed E-state index contributed by atoms with van der Waals surface area (Å²) in [5.41, 5.74) is 1.55. The smallest absolute Gasteiger partial charge is 0.191 e. The molecule has 1 aromatic heterocycles.